The molecule has 1 aromatic carbocycles. The summed E-state index contributed by atoms with van der Waals surface area (Å²) < 4.78 is 16.5. The molecule has 34 heavy (non-hydrogen) atoms. The van der Waals surface area contributed by atoms with E-state index in [2.05, 4.69) is 23.9 Å². The molecule has 2 aromatic rings. The molecule has 0 saturated heterocycles. The molecule has 1 aliphatic heterocycles. The largest absolute Gasteiger partial charge is 0.497 e. The number of ether oxygens (including phenoxy) is 3. The van der Waals surface area contributed by atoms with Gasteiger partial charge in [0.25, 0.3) is 0 Å². The van der Waals surface area contributed by atoms with Gasteiger partial charge in [-0.2, -0.15) is 0 Å². The first-order valence-electron chi connectivity index (χ1n) is 11.2. The van der Waals surface area contributed by atoms with Crippen molar-refractivity contribution in [2.45, 2.75) is 18.6 Å². The molecule has 0 spiro atoms. The normalized spacial score (nSPS) is 15.9. The van der Waals surface area contributed by atoms with Gasteiger partial charge in [0.15, 0.2) is 0 Å². The maximum atomic E-state index is 13.4. The molecule has 0 fully saturated rings. The number of thiophene rings is 1. The lowest BCUT2D eigenvalue weighted by Crippen LogP contribution is -2.48. The fourth-order valence-corrected chi connectivity index (χ4v) is 4.92. The standard InChI is InChI=1S/C26H32N2O5S/c1-4-12-27(16-20(29)18-32-14-5-2)17-26(30)28-13-10-25-23(11-15-34-25)24(28)19-33-22-8-6-21(31-3)7-9-22/h2,4,6-9,11,15,20,24,29H,1,10,12-14,16-19H2,3H3. The zero-order valence-corrected chi connectivity index (χ0v) is 20.3. The SMILES string of the molecule is C#CCOCC(O)CN(CC=C)CC(=O)N1CCc2sccc2C1COc1ccc(OC)cc1. The zero-order valence-electron chi connectivity index (χ0n) is 19.5. The highest BCUT2D eigenvalue weighted by Gasteiger charge is 2.33. The van der Waals surface area contributed by atoms with Crippen LogP contribution in [0.15, 0.2) is 48.4 Å². The monoisotopic (exact) mass is 484 g/mol. The molecule has 1 aromatic heterocycles. The third-order valence-corrected chi connectivity index (χ3v) is 6.59. The summed E-state index contributed by atoms with van der Waals surface area (Å²) in [5, 5.41) is 12.3. The Balaban J connectivity index is 1.67. The second-order valence-corrected chi connectivity index (χ2v) is 9.00. The summed E-state index contributed by atoms with van der Waals surface area (Å²) in [4.78, 5) is 18.4. The number of hydrogen-bond acceptors (Lipinski definition) is 7. The van der Waals surface area contributed by atoms with Crippen LogP contribution in [0.25, 0.3) is 0 Å². The summed E-state index contributed by atoms with van der Waals surface area (Å²) in [6, 6.07) is 9.31. The number of carbonyl (C=O) groups excluding carboxylic acids is 1. The van der Waals surface area contributed by atoms with E-state index in [1.165, 1.54) is 4.88 Å². The van der Waals surface area contributed by atoms with E-state index < -0.39 is 6.10 Å². The van der Waals surface area contributed by atoms with Crippen LogP contribution >= 0.6 is 11.3 Å². The topological polar surface area (TPSA) is 71.5 Å². The van der Waals surface area contributed by atoms with E-state index in [1.54, 1.807) is 24.5 Å². The molecule has 8 heteroatoms. The first-order valence-corrected chi connectivity index (χ1v) is 12.1. The molecule has 3 rings (SSSR count). The molecular formula is C26H32N2O5S. The molecule has 182 valence electrons. The van der Waals surface area contributed by atoms with Crippen LogP contribution in [0.4, 0.5) is 0 Å². The second-order valence-electron chi connectivity index (χ2n) is 7.99. The number of carbonyl (C=O) groups is 1. The Bertz CT molecular complexity index is 968. The minimum atomic E-state index is -0.750. The van der Waals surface area contributed by atoms with Gasteiger partial charge in [0.05, 0.1) is 32.4 Å². The number of methoxy groups -OCH3 is 1. The Morgan fingerprint density at radius 2 is 2.15 bits per heavy atom. The van der Waals surface area contributed by atoms with Crippen molar-refractivity contribution in [3.63, 3.8) is 0 Å². The van der Waals surface area contributed by atoms with Crippen molar-refractivity contribution in [2.75, 3.05) is 53.1 Å². The predicted molar refractivity (Wildman–Crippen MR) is 133 cm³/mol. The summed E-state index contributed by atoms with van der Waals surface area (Å²) in [5.41, 5.74) is 1.14. The highest BCUT2D eigenvalue weighted by Crippen LogP contribution is 2.34. The number of hydrogen-bond donors (Lipinski definition) is 1. The summed E-state index contributed by atoms with van der Waals surface area (Å²) >= 11 is 1.71. The van der Waals surface area contributed by atoms with Crippen LogP contribution in [0.5, 0.6) is 11.5 Å². The van der Waals surface area contributed by atoms with Crippen LogP contribution in [-0.2, 0) is 16.0 Å². The molecule has 2 heterocycles. The molecule has 0 radical (unpaired) electrons. The number of terminal acetylenes is 1. The second kappa shape index (κ2) is 13.2. The lowest BCUT2D eigenvalue weighted by Gasteiger charge is -2.37. The number of rotatable bonds is 13. The number of fused-ring (bicyclic) bond motifs is 1. The third-order valence-electron chi connectivity index (χ3n) is 5.59. The summed E-state index contributed by atoms with van der Waals surface area (Å²) in [7, 11) is 1.62. The molecule has 2 atom stereocenters. The average Bonchev–Trinajstić information content (AvgIpc) is 3.32. The Morgan fingerprint density at radius 3 is 2.85 bits per heavy atom. The molecular weight excluding hydrogens is 452 g/mol. The molecule has 1 amide bonds. The molecule has 0 saturated carbocycles. The van der Waals surface area contributed by atoms with Gasteiger partial charge < -0.3 is 24.2 Å². The molecule has 7 nitrogen and oxygen atoms in total. The summed E-state index contributed by atoms with van der Waals surface area (Å²) in [6.07, 6.45) is 6.97. The highest BCUT2D eigenvalue weighted by molar-refractivity contribution is 7.10. The Kier molecular flexibility index (Phi) is 9.98. The fourth-order valence-electron chi connectivity index (χ4n) is 3.99. The van der Waals surface area contributed by atoms with Gasteiger partial charge in [-0.15, -0.1) is 24.3 Å². The van der Waals surface area contributed by atoms with Gasteiger partial charge in [-0.1, -0.05) is 12.0 Å². The lowest BCUT2D eigenvalue weighted by molar-refractivity contribution is -0.136. The van der Waals surface area contributed by atoms with Gasteiger partial charge >= 0.3 is 0 Å². The molecule has 0 aliphatic carbocycles. The quantitative estimate of drug-likeness (QED) is 0.268. The van der Waals surface area contributed by atoms with Gasteiger partial charge in [0.1, 0.15) is 24.7 Å². The van der Waals surface area contributed by atoms with Crippen molar-refractivity contribution in [3.8, 4) is 23.8 Å². The minimum Gasteiger partial charge on any atom is -0.497 e. The average molecular weight is 485 g/mol. The molecule has 1 aliphatic rings. The van der Waals surface area contributed by atoms with Gasteiger partial charge in [-0.3, -0.25) is 9.69 Å². The van der Waals surface area contributed by atoms with Crippen LogP contribution in [0.2, 0.25) is 0 Å². The van der Waals surface area contributed by atoms with Crippen molar-refractivity contribution in [1.82, 2.24) is 9.80 Å². The van der Waals surface area contributed by atoms with Crippen molar-refractivity contribution in [2.24, 2.45) is 0 Å². The van der Waals surface area contributed by atoms with E-state index in [4.69, 9.17) is 20.6 Å². The number of aliphatic hydroxyl groups excluding tert-OH is 1. The van der Waals surface area contributed by atoms with Crippen molar-refractivity contribution in [3.05, 3.63) is 58.8 Å². The first kappa shape index (κ1) is 25.8. The van der Waals surface area contributed by atoms with Crippen LogP contribution in [-0.4, -0.2) is 80.0 Å². The van der Waals surface area contributed by atoms with E-state index in [0.717, 1.165) is 23.5 Å². The molecule has 1 N–H and O–H groups in total. The van der Waals surface area contributed by atoms with Crippen LogP contribution in [0.1, 0.15) is 16.5 Å². The van der Waals surface area contributed by atoms with Crippen LogP contribution in [0, 0.1) is 12.3 Å². The van der Waals surface area contributed by atoms with E-state index in [1.807, 2.05) is 34.1 Å². The fraction of sp³-hybridized carbons (Fsp3) is 0.423. The highest BCUT2D eigenvalue weighted by atomic mass is 32.1. The van der Waals surface area contributed by atoms with Gasteiger partial charge in [0, 0.05) is 24.5 Å². The zero-order chi connectivity index (χ0) is 24.3. The minimum absolute atomic E-state index is 0.0150. The number of nitrogens with zero attached hydrogens (tertiary/aromatic N) is 2. The maximum Gasteiger partial charge on any atom is 0.237 e. The number of benzene rings is 1. The smallest absolute Gasteiger partial charge is 0.237 e. The van der Waals surface area contributed by atoms with Crippen LogP contribution in [0.3, 0.4) is 0 Å². The number of amides is 1. The van der Waals surface area contributed by atoms with Gasteiger partial charge in [-0.05, 0) is 47.7 Å². The summed E-state index contributed by atoms with van der Waals surface area (Å²) in [6.45, 7) is 5.94. The van der Waals surface area contributed by atoms with E-state index >= 15 is 0 Å². The van der Waals surface area contributed by atoms with Crippen molar-refractivity contribution in [1.29, 1.82) is 0 Å². The van der Waals surface area contributed by atoms with Crippen LogP contribution < -0.4 is 9.47 Å². The van der Waals surface area contributed by atoms with E-state index in [-0.39, 0.29) is 38.3 Å². The van der Waals surface area contributed by atoms with Crippen molar-refractivity contribution < 1.29 is 24.1 Å². The van der Waals surface area contributed by atoms with E-state index in [0.29, 0.717) is 19.7 Å². The maximum absolute atomic E-state index is 13.4. The lowest BCUT2D eigenvalue weighted by atomic mass is 10.0. The molecule has 2 unspecified atom stereocenters. The van der Waals surface area contributed by atoms with E-state index in [9.17, 15) is 9.90 Å². The Labute approximate surface area is 205 Å². The Morgan fingerprint density at radius 1 is 1.38 bits per heavy atom. The third kappa shape index (κ3) is 7.08. The summed E-state index contributed by atoms with van der Waals surface area (Å²) in [5.74, 6) is 3.84. The van der Waals surface area contributed by atoms with Gasteiger partial charge in [0.2, 0.25) is 5.91 Å². The molecule has 0 bridgehead atoms. The predicted octanol–water partition coefficient (Wildman–Crippen LogP) is 2.76. The van der Waals surface area contributed by atoms with Gasteiger partial charge in [-0.25, -0.2) is 0 Å². The van der Waals surface area contributed by atoms with Crippen molar-refractivity contribution >= 4 is 17.2 Å². The number of aliphatic hydroxyl groups is 1. The first-order chi connectivity index (χ1) is 16.5. The Hall–Kier alpha value is -2.83.